The van der Waals surface area contributed by atoms with Gasteiger partial charge in [0.25, 0.3) is 5.69 Å². The van der Waals surface area contributed by atoms with E-state index in [0.29, 0.717) is 63.7 Å². The molecule has 0 saturated carbocycles. The summed E-state index contributed by atoms with van der Waals surface area (Å²) in [6.07, 6.45) is -4.38. The lowest BCUT2D eigenvalue weighted by Gasteiger charge is -2.39. The van der Waals surface area contributed by atoms with Crippen molar-refractivity contribution in [2.75, 3.05) is 68.7 Å². The minimum absolute atomic E-state index is 0.00488. The van der Waals surface area contributed by atoms with Crippen molar-refractivity contribution < 1.29 is 22.9 Å². The van der Waals surface area contributed by atoms with Crippen molar-refractivity contribution in [3.05, 3.63) is 64.2 Å². The number of halogens is 3. The molecule has 4 rings (SSSR count). The Bertz CT molecular complexity index is 1030. The van der Waals surface area contributed by atoms with E-state index in [4.69, 9.17) is 0 Å². The second-order valence-electron chi connectivity index (χ2n) is 8.42. The Morgan fingerprint density at radius 1 is 0.882 bits per heavy atom. The third-order valence-corrected chi connectivity index (χ3v) is 6.32. The summed E-state index contributed by atoms with van der Waals surface area (Å²) >= 11 is 0. The van der Waals surface area contributed by atoms with Crippen LogP contribution >= 0.6 is 0 Å². The van der Waals surface area contributed by atoms with Crippen LogP contribution in [0.3, 0.4) is 0 Å². The van der Waals surface area contributed by atoms with Gasteiger partial charge in [0.2, 0.25) is 5.91 Å². The number of carbonyl (C=O) groups is 1. The number of amides is 1. The second kappa shape index (κ2) is 9.88. The molecule has 0 radical (unpaired) electrons. The molecule has 1 amide bonds. The molecule has 0 bridgehead atoms. The van der Waals surface area contributed by atoms with E-state index in [0.717, 1.165) is 12.1 Å². The highest BCUT2D eigenvalue weighted by Crippen LogP contribution is 2.32. The summed E-state index contributed by atoms with van der Waals surface area (Å²) in [5, 5.41) is 11.3. The van der Waals surface area contributed by atoms with Gasteiger partial charge in [-0.3, -0.25) is 19.8 Å². The summed E-state index contributed by atoms with van der Waals surface area (Å²) in [7, 11) is 0. The Labute approximate surface area is 195 Å². The number of piperazine rings is 2. The van der Waals surface area contributed by atoms with Gasteiger partial charge in [-0.05, 0) is 24.3 Å². The summed E-state index contributed by atoms with van der Waals surface area (Å²) < 4.78 is 39.0. The Hall–Kier alpha value is -3.34. The molecule has 182 valence electrons. The largest absolute Gasteiger partial charge is 0.416 e. The van der Waals surface area contributed by atoms with Crippen molar-refractivity contribution >= 4 is 23.0 Å². The van der Waals surface area contributed by atoms with Gasteiger partial charge in [0, 0.05) is 64.1 Å². The fraction of sp³-hybridized carbons (Fsp3) is 0.435. The number of anilines is 2. The predicted molar refractivity (Wildman–Crippen MR) is 122 cm³/mol. The first-order chi connectivity index (χ1) is 16.2. The Balaban J connectivity index is 1.27. The standard InChI is InChI=1S/C23H26F3N5O3/c24-23(25,26)18-4-3-5-19(16-18)28-10-8-27(9-11-28)17-22(32)30-14-12-29(13-15-30)20-6-1-2-7-21(20)31(33)34/h1-7,16H,8-15,17H2. The lowest BCUT2D eigenvalue weighted by atomic mass is 10.1. The summed E-state index contributed by atoms with van der Waals surface area (Å²) in [6, 6.07) is 11.9. The van der Waals surface area contributed by atoms with Crippen LogP contribution in [0.4, 0.5) is 30.2 Å². The van der Waals surface area contributed by atoms with E-state index in [-0.39, 0.29) is 18.1 Å². The van der Waals surface area contributed by atoms with E-state index in [1.807, 2.05) is 14.7 Å². The molecular weight excluding hydrogens is 451 g/mol. The van der Waals surface area contributed by atoms with Gasteiger partial charge in [0.05, 0.1) is 17.0 Å². The molecule has 0 atom stereocenters. The van der Waals surface area contributed by atoms with Gasteiger partial charge in [-0.25, -0.2) is 0 Å². The topological polar surface area (TPSA) is 73.2 Å². The molecule has 2 aliphatic heterocycles. The molecule has 2 aliphatic rings. The molecule has 2 aromatic rings. The number of carbonyl (C=O) groups excluding carboxylic acids is 1. The smallest absolute Gasteiger partial charge is 0.369 e. The molecule has 2 saturated heterocycles. The summed E-state index contributed by atoms with van der Waals surface area (Å²) in [5.74, 6) is -0.00488. The number of benzene rings is 2. The zero-order valence-corrected chi connectivity index (χ0v) is 18.6. The maximum absolute atomic E-state index is 13.0. The first-order valence-electron chi connectivity index (χ1n) is 11.1. The highest BCUT2D eigenvalue weighted by atomic mass is 19.4. The van der Waals surface area contributed by atoms with Gasteiger partial charge < -0.3 is 14.7 Å². The van der Waals surface area contributed by atoms with Crippen LogP contribution < -0.4 is 9.80 Å². The third kappa shape index (κ3) is 5.41. The lowest BCUT2D eigenvalue weighted by molar-refractivity contribution is -0.384. The van der Waals surface area contributed by atoms with Crippen LogP contribution in [-0.4, -0.2) is 79.5 Å². The number of nitro benzene ring substituents is 1. The van der Waals surface area contributed by atoms with Crippen LogP contribution in [0.1, 0.15) is 5.56 Å². The highest BCUT2D eigenvalue weighted by Gasteiger charge is 2.31. The maximum Gasteiger partial charge on any atom is 0.416 e. The van der Waals surface area contributed by atoms with Crippen molar-refractivity contribution in [1.29, 1.82) is 0 Å². The number of nitrogens with zero attached hydrogens (tertiary/aromatic N) is 5. The van der Waals surface area contributed by atoms with Crippen LogP contribution in [0.25, 0.3) is 0 Å². The molecule has 0 N–H and O–H groups in total. The van der Waals surface area contributed by atoms with E-state index in [1.165, 1.54) is 12.1 Å². The van der Waals surface area contributed by atoms with E-state index < -0.39 is 16.7 Å². The zero-order chi connectivity index (χ0) is 24.3. The van der Waals surface area contributed by atoms with E-state index in [9.17, 15) is 28.1 Å². The fourth-order valence-corrected chi connectivity index (χ4v) is 4.42. The van der Waals surface area contributed by atoms with Gasteiger partial charge in [-0.1, -0.05) is 18.2 Å². The van der Waals surface area contributed by atoms with Crippen molar-refractivity contribution in [2.24, 2.45) is 0 Å². The van der Waals surface area contributed by atoms with Gasteiger partial charge in [-0.2, -0.15) is 13.2 Å². The predicted octanol–water partition coefficient (Wildman–Crippen LogP) is 3.08. The number of para-hydroxylation sites is 2. The number of hydrogen-bond donors (Lipinski definition) is 0. The fourth-order valence-electron chi connectivity index (χ4n) is 4.42. The van der Waals surface area contributed by atoms with Crippen molar-refractivity contribution in [1.82, 2.24) is 9.80 Å². The van der Waals surface area contributed by atoms with Crippen LogP contribution in [0, 0.1) is 10.1 Å². The van der Waals surface area contributed by atoms with Gasteiger partial charge >= 0.3 is 6.18 Å². The van der Waals surface area contributed by atoms with Crippen LogP contribution in [0.5, 0.6) is 0 Å². The molecule has 0 unspecified atom stereocenters. The highest BCUT2D eigenvalue weighted by molar-refractivity contribution is 5.79. The molecule has 8 nitrogen and oxygen atoms in total. The third-order valence-electron chi connectivity index (χ3n) is 6.32. The Kier molecular flexibility index (Phi) is 6.92. The maximum atomic E-state index is 13.0. The number of nitro groups is 1. The molecule has 0 aromatic heterocycles. The quantitative estimate of drug-likeness (QED) is 0.487. The van der Waals surface area contributed by atoms with Crippen LogP contribution in [0.15, 0.2) is 48.5 Å². The first-order valence-corrected chi connectivity index (χ1v) is 11.1. The van der Waals surface area contributed by atoms with Crippen molar-refractivity contribution in [3.63, 3.8) is 0 Å². The summed E-state index contributed by atoms with van der Waals surface area (Å²) in [6.45, 7) is 4.49. The molecule has 2 fully saturated rings. The second-order valence-corrected chi connectivity index (χ2v) is 8.42. The van der Waals surface area contributed by atoms with Crippen LogP contribution in [0.2, 0.25) is 0 Å². The molecule has 0 spiro atoms. The van der Waals surface area contributed by atoms with E-state index in [2.05, 4.69) is 0 Å². The lowest BCUT2D eigenvalue weighted by Crippen LogP contribution is -2.54. The minimum Gasteiger partial charge on any atom is -0.369 e. The van der Waals surface area contributed by atoms with Gasteiger partial charge in [0.1, 0.15) is 5.69 Å². The van der Waals surface area contributed by atoms with Gasteiger partial charge in [0.15, 0.2) is 0 Å². The average Bonchev–Trinajstić information content (AvgIpc) is 2.84. The van der Waals surface area contributed by atoms with E-state index in [1.54, 1.807) is 29.2 Å². The van der Waals surface area contributed by atoms with Crippen molar-refractivity contribution in [3.8, 4) is 0 Å². The molecule has 0 aliphatic carbocycles. The number of rotatable bonds is 5. The first kappa shape index (κ1) is 23.8. The number of alkyl halides is 3. The zero-order valence-electron chi connectivity index (χ0n) is 18.6. The molecule has 2 aromatic carbocycles. The summed E-state index contributed by atoms with van der Waals surface area (Å²) in [4.78, 5) is 31.3. The monoisotopic (exact) mass is 477 g/mol. The van der Waals surface area contributed by atoms with Crippen molar-refractivity contribution in [2.45, 2.75) is 6.18 Å². The van der Waals surface area contributed by atoms with Gasteiger partial charge in [-0.15, -0.1) is 0 Å². The molecule has 34 heavy (non-hydrogen) atoms. The molecular formula is C23H26F3N5O3. The number of hydrogen-bond acceptors (Lipinski definition) is 6. The SMILES string of the molecule is O=C(CN1CCN(c2cccc(C(F)(F)F)c2)CC1)N1CCN(c2ccccc2[N+](=O)[O-])CC1. The normalized spacial score (nSPS) is 17.7. The molecule has 2 heterocycles. The van der Waals surface area contributed by atoms with Crippen LogP contribution in [-0.2, 0) is 11.0 Å². The Morgan fingerprint density at radius 2 is 1.53 bits per heavy atom. The molecule has 11 heteroatoms. The summed E-state index contributed by atoms with van der Waals surface area (Å²) in [5.41, 5.74) is 0.487. The minimum atomic E-state index is -4.38. The Morgan fingerprint density at radius 3 is 2.18 bits per heavy atom. The van der Waals surface area contributed by atoms with E-state index >= 15 is 0 Å². The average molecular weight is 477 g/mol.